The van der Waals surface area contributed by atoms with Gasteiger partial charge in [-0.25, -0.2) is 9.67 Å². The zero-order valence-corrected chi connectivity index (χ0v) is 15.1. The molecule has 0 bridgehead atoms. The lowest BCUT2D eigenvalue weighted by Crippen LogP contribution is -2.36. The lowest BCUT2D eigenvalue weighted by molar-refractivity contribution is -0.117. The molecular weight excluding hydrogens is 334 g/mol. The van der Waals surface area contributed by atoms with Crippen LogP contribution in [-0.4, -0.2) is 38.7 Å². The first-order chi connectivity index (χ1) is 10.5. The zero-order chi connectivity index (χ0) is 16.1. The molecule has 8 heteroatoms. The van der Waals surface area contributed by atoms with Crippen molar-refractivity contribution in [1.29, 1.82) is 0 Å². The largest absolute Gasteiger partial charge is 0.323 e. The first-order valence-corrected chi connectivity index (χ1v) is 8.45. The summed E-state index contributed by atoms with van der Waals surface area (Å²) in [6.45, 7) is 3.91. The van der Waals surface area contributed by atoms with Crippen LogP contribution in [0.15, 0.2) is 24.4 Å². The van der Waals surface area contributed by atoms with Crippen molar-refractivity contribution in [3.8, 4) is 5.82 Å². The number of carbonyl (C=O) groups excluding carboxylic acids is 1. The van der Waals surface area contributed by atoms with Crippen LogP contribution in [-0.2, 0) is 4.79 Å². The van der Waals surface area contributed by atoms with Gasteiger partial charge in [0, 0.05) is 5.69 Å². The Hall–Kier alpha value is -1.57. The van der Waals surface area contributed by atoms with Gasteiger partial charge in [0.25, 0.3) is 0 Å². The summed E-state index contributed by atoms with van der Waals surface area (Å²) in [4.78, 5) is 16.3. The molecule has 1 atom stereocenters. The number of anilines is 1. The van der Waals surface area contributed by atoms with E-state index in [9.17, 15) is 4.79 Å². The molecule has 2 aromatic heterocycles. The Kier molecular flexibility index (Phi) is 7.54. The molecule has 1 unspecified atom stereocenters. The third-order valence-electron chi connectivity index (χ3n) is 3.21. The maximum Gasteiger partial charge on any atom is 0.241 e. The monoisotopic (exact) mass is 355 g/mol. The van der Waals surface area contributed by atoms with Crippen molar-refractivity contribution in [2.24, 2.45) is 5.73 Å². The average Bonchev–Trinajstić information content (AvgIpc) is 2.84. The first kappa shape index (κ1) is 19.5. The lowest BCUT2D eigenvalue weighted by atomic mass is 10.2. The molecule has 0 saturated carbocycles. The number of nitrogens with two attached hydrogens (primary N) is 1. The Balaban J connectivity index is 0.00000264. The summed E-state index contributed by atoms with van der Waals surface area (Å²) in [6, 6.07) is 5.12. The molecule has 0 aliphatic carbocycles. The van der Waals surface area contributed by atoms with Gasteiger partial charge in [0.05, 0.1) is 23.6 Å². The molecule has 0 fully saturated rings. The van der Waals surface area contributed by atoms with Gasteiger partial charge in [-0.15, -0.1) is 12.4 Å². The van der Waals surface area contributed by atoms with E-state index in [0.717, 1.165) is 23.0 Å². The van der Waals surface area contributed by atoms with E-state index in [1.807, 2.05) is 32.2 Å². The van der Waals surface area contributed by atoms with E-state index in [0.29, 0.717) is 12.1 Å². The summed E-state index contributed by atoms with van der Waals surface area (Å²) in [5, 5.41) is 7.16. The Bertz CT molecular complexity index is 644. The Morgan fingerprint density at radius 2 is 2.17 bits per heavy atom. The second-order valence-electron chi connectivity index (χ2n) is 5.12. The van der Waals surface area contributed by atoms with Crippen LogP contribution in [0.1, 0.15) is 17.8 Å². The summed E-state index contributed by atoms with van der Waals surface area (Å²) in [5.41, 5.74) is 8.42. The van der Waals surface area contributed by atoms with Crippen LogP contribution in [0.5, 0.6) is 0 Å². The Morgan fingerprint density at radius 1 is 1.43 bits per heavy atom. The quantitative estimate of drug-likeness (QED) is 0.830. The number of pyridine rings is 1. The number of aromatic nitrogens is 3. The number of nitrogens with one attached hydrogen (secondary N) is 1. The van der Waals surface area contributed by atoms with Crippen LogP contribution < -0.4 is 11.1 Å². The highest BCUT2D eigenvalue weighted by atomic mass is 35.5. The van der Waals surface area contributed by atoms with Crippen LogP contribution >= 0.6 is 24.2 Å². The zero-order valence-electron chi connectivity index (χ0n) is 13.4. The summed E-state index contributed by atoms with van der Waals surface area (Å²) in [7, 11) is 0. The average molecular weight is 356 g/mol. The van der Waals surface area contributed by atoms with Crippen LogP contribution in [0, 0.1) is 13.8 Å². The topological polar surface area (TPSA) is 85.8 Å². The molecule has 2 aromatic rings. The van der Waals surface area contributed by atoms with E-state index >= 15 is 0 Å². The summed E-state index contributed by atoms with van der Waals surface area (Å²) in [5.74, 6) is 1.40. The highest BCUT2D eigenvalue weighted by Gasteiger charge is 2.13. The van der Waals surface area contributed by atoms with Gasteiger partial charge in [0.1, 0.15) is 0 Å². The molecule has 126 valence electrons. The van der Waals surface area contributed by atoms with Gasteiger partial charge in [-0.3, -0.25) is 4.79 Å². The van der Waals surface area contributed by atoms with Gasteiger partial charge < -0.3 is 11.1 Å². The van der Waals surface area contributed by atoms with Crippen LogP contribution in [0.25, 0.3) is 5.82 Å². The van der Waals surface area contributed by atoms with E-state index in [1.54, 1.807) is 28.7 Å². The SMILES string of the molecule is CSCCC(N)C(=O)Nc1ccc(-n2nc(C)cc2C)nc1.Cl. The number of hydrogen-bond acceptors (Lipinski definition) is 5. The number of halogens is 1. The van der Waals surface area contributed by atoms with E-state index in [2.05, 4.69) is 15.4 Å². The van der Waals surface area contributed by atoms with E-state index < -0.39 is 6.04 Å². The highest BCUT2D eigenvalue weighted by Crippen LogP contribution is 2.13. The summed E-state index contributed by atoms with van der Waals surface area (Å²) >= 11 is 1.67. The number of nitrogens with zero attached hydrogens (tertiary/aromatic N) is 3. The van der Waals surface area contributed by atoms with Crippen molar-refractivity contribution in [2.75, 3.05) is 17.3 Å². The van der Waals surface area contributed by atoms with Crippen LogP contribution in [0.2, 0.25) is 0 Å². The molecule has 23 heavy (non-hydrogen) atoms. The predicted octanol–water partition coefficient (Wildman–Crippen LogP) is 2.32. The maximum atomic E-state index is 11.9. The second kappa shape index (κ2) is 8.90. The second-order valence-corrected chi connectivity index (χ2v) is 6.11. The fraction of sp³-hybridized carbons (Fsp3) is 0.400. The van der Waals surface area contributed by atoms with Gasteiger partial charge in [-0.1, -0.05) is 0 Å². The smallest absolute Gasteiger partial charge is 0.241 e. The molecule has 6 nitrogen and oxygen atoms in total. The van der Waals surface area contributed by atoms with E-state index in [1.165, 1.54) is 0 Å². The van der Waals surface area contributed by atoms with Crippen molar-refractivity contribution in [3.05, 3.63) is 35.8 Å². The molecule has 0 radical (unpaired) electrons. The van der Waals surface area contributed by atoms with E-state index in [4.69, 9.17) is 5.73 Å². The van der Waals surface area contributed by atoms with Crippen LogP contribution in [0.4, 0.5) is 5.69 Å². The molecule has 2 heterocycles. The molecule has 0 aliphatic heterocycles. The van der Waals surface area contributed by atoms with Crippen molar-refractivity contribution < 1.29 is 4.79 Å². The minimum absolute atomic E-state index is 0. The molecule has 2 rings (SSSR count). The van der Waals surface area contributed by atoms with Gasteiger partial charge >= 0.3 is 0 Å². The molecular formula is C15H22ClN5OS. The number of aryl methyl sites for hydroxylation is 2. The Morgan fingerprint density at radius 3 is 2.70 bits per heavy atom. The number of carbonyl (C=O) groups is 1. The standard InChI is InChI=1S/C15H21N5OS.ClH/c1-10-8-11(2)20(19-10)14-5-4-12(9-17-14)18-15(21)13(16)6-7-22-3;/h4-5,8-9,13H,6-7,16H2,1-3H3,(H,18,21);1H. The van der Waals surface area contributed by atoms with Crippen molar-refractivity contribution in [1.82, 2.24) is 14.8 Å². The van der Waals surface area contributed by atoms with Crippen molar-refractivity contribution in [2.45, 2.75) is 26.3 Å². The molecule has 0 aliphatic rings. The minimum Gasteiger partial charge on any atom is -0.323 e. The molecule has 0 saturated heterocycles. The molecule has 0 spiro atoms. The third-order valence-corrected chi connectivity index (χ3v) is 3.86. The summed E-state index contributed by atoms with van der Waals surface area (Å²) in [6.07, 6.45) is 4.27. The predicted molar refractivity (Wildman–Crippen MR) is 97.7 cm³/mol. The maximum absolute atomic E-state index is 11.9. The lowest BCUT2D eigenvalue weighted by Gasteiger charge is -2.11. The number of rotatable bonds is 6. The van der Waals surface area contributed by atoms with E-state index in [-0.39, 0.29) is 18.3 Å². The first-order valence-electron chi connectivity index (χ1n) is 7.06. The highest BCUT2D eigenvalue weighted by molar-refractivity contribution is 7.98. The fourth-order valence-electron chi connectivity index (χ4n) is 2.06. The van der Waals surface area contributed by atoms with Gasteiger partial charge in [-0.05, 0) is 50.5 Å². The number of thioether (sulfide) groups is 1. The Labute approximate surface area is 146 Å². The molecule has 1 amide bonds. The minimum atomic E-state index is -0.497. The number of hydrogen-bond donors (Lipinski definition) is 2. The summed E-state index contributed by atoms with van der Waals surface area (Å²) < 4.78 is 1.77. The van der Waals surface area contributed by atoms with Gasteiger partial charge in [-0.2, -0.15) is 16.9 Å². The van der Waals surface area contributed by atoms with Gasteiger partial charge in [0.2, 0.25) is 5.91 Å². The van der Waals surface area contributed by atoms with Crippen molar-refractivity contribution >= 4 is 35.8 Å². The fourth-order valence-corrected chi connectivity index (χ4v) is 2.55. The van der Waals surface area contributed by atoms with Gasteiger partial charge in [0.15, 0.2) is 5.82 Å². The third kappa shape index (κ3) is 5.23. The number of amides is 1. The molecule has 0 aromatic carbocycles. The normalized spacial score (nSPS) is 11.7. The molecule has 3 N–H and O–H groups in total. The van der Waals surface area contributed by atoms with Crippen LogP contribution in [0.3, 0.4) is 0 Å². The van der Waals surface area contributed by atoms with Crippen molar-refractivity contribution in [3.63, 3.8) is 0 Å².